The Labute approximate surface area is 101 Å². The van der Waals surface area contributed by atoms with Gasteiger partial charge in [-0.25, -0.2) is 0 Å². The van der Waals surface area contributed by atoms with E-state index in [0.29, 0.717) is 6.42 Å². The van der Waals surface area contributed by atoms with Gasteiger partial charge in [-0.1, -0.05) is 18.2 Å². The molecule has 0 bridgehead atoms. The quantitative estimate of drug-likeness (QED) is 0.631. The first-order chi connectivity index (χ1) is 8.33. The molecule has 0 spiro atoms. The average molecular weight is 228 g/mol. The van der Waals surface area contributed by atoms with Crippen LogP contribution in [0.4, 0.5) is 0 Å². The van der Waals surface area contributed by atoms with Gasteiger partial charge in [0, 0.05) is 23.6 Å². The molecule has 1 N–H and O–H groups in total. The van der Waals surface area contributed by atoms with Gasteiger partial charge in [-0.05, 0) is 32.1 Å². The van der Waals surface area contributed by atoms with Crippen molar-refractivity contribution >= 4 is 16.7 Å². The summed E-state index contributed by atoms with van der Waals surface area (Å²) in [5.41, 5.74) is 1.67. The molecule has 3 heteroatoms. The highest BCUT2D eigenvalue weighted by Crippen LogP contribution is 2.18. The second-order valence-corrected chi connectivity index (χ2v) is 4.01. The first-order valence-corrected chi connectivity index (χ1v) is 5.84. The van der Waals surface area contributed by atoms with Crippen LogP contribution in [0.15, 0.2) is 36.5 Å². The topological polar surface area (TPSA) is 42.0 Å². The zero-order chi connectivity index (χ0) is 12.1. The normalized spacial score (nSPS) is 10.6. The highest BCUT2D eigenvalue weighted by atomic mass is 16.1. The standard InChI is InChI=1S/C14H16N2O/c1-15-9-4-8-14(17)12-5-2-7-13-11(12)6-3-10-16-13/h2-3,5-7,10,15H,4,8-9H2,1H3. The largest absolute Gasteiger partial charge is 0.320 e. The predicted octanol–water partition coefficient (Wildman–Crippen LogP) is 2.42. The second kappa shape index (κ2) is 5.55. The van der Waals surface area contributed by atoms with Crippen molar-refractivity contribution in [1.29, 1.82) is 0 Å². The fraction of sp³-hybridized carbons (Fsp3) is 0.286. The van der Waals surface area contributed by atoms with E-state index in [1.54, 1.807) is 6.20 Å². The Balaban J connectivity index is 2.26. The van der Waals surface area contributed by atoms with E-state index < -0.39 is 0 Å². The van der Waals surface area contributed by atoms with Gasteiger partial charge in [0.2, 0.25) is 0 Å². The number of benzene rings is 1. The summed E-state index contributed by atoms with van der Waals surface area (Å²) < 4.78 is 0. The molecular weight excluding hydrogens is 212 g/mol. The van der Waals surface area contributed by atoms with Gasteiger partial charge in [0.25, 0.3) is 0 Å². The lowest BCUT2D eigenvalue weighted by molar-refractivity contribution is 0.0982. The molecular formula is C14H16N2O. The number of aromatic nitrogens is 1. The van der Waals surface area contributed by atoms with E-state index >= 15 is 0 Å². The molecule has 17 heavy (non-hydrogen) atoms. The average Bonchev–Trinajstić information content (AvgIpc) is 2.38. The molecule has 0 aliphatic heterocycles. The summed E-state index contributed by atoms with van der Waals surface area (Å²) in [4.78, 5) is 16.3. The van der Waals surface area contributed by atoms with Crippen LogP contribution < -0.4 is 5.32 Å². The molecule has 88 valence electrons. The summed E-state index contributed by atoms with van der Waals surface area (Å²) in [6.45, 7) is 0.870. The number of rotatable bonds is 5. The SMILES string of the molecule is CNCCCC(=O)c1cccc2ncccc12. The van der Waals surface area contributed by atoms with Crippen molar-refractivity contribution < 1.29 is 4.79 Å². The van der Waals surface area contributed by atoms with Crippen LogP contribution in [0, 0.1) is 0 Å². The van der Waals surface area contributed by atoms with Gasteiger partial charge in [0.05, 0.1) is 5.52 Å². The molecule has 2 rings (SSSR count). The molecule has 0 aliphatic carbocycles. The number of pyridine rings is 1. The Morgan fingerprint density at radius 3 is 3.00 bits per heavy atom. The molecule has 1 heterocycles. The smallest absolute Gasteiger partial charge is 0.163 e. The Morgan fingerprint density at radius 2 is 2.18 bits per heavy atom. The van der Waals surface area contributed by atoms with E-state index in [4.69, 9.17) is 0 Å². The molecule has 0 saturated carbocycles. The Morgan fingerprint density at radius 1 is 1.29 bits per heavy atom. The maximum Gasteiger partial charge on any atom is 0.163 e. The number of Topliss-reactive ketones (excluding diaryl/α,β-unsaturated/α-hetero) is 1. The van der Waals surface area contributed by atoms with Crippen molar-refractivity contribution in [2.75, 3.05) is 13.6 Å². The molecule has 2 aromatic rings. The minimum Gasteiger partial charge on any atom is -0.320 e. The third-order valence-corrected chi connectivity index (χ3v) is 2.78. The zero-order valence-corrected chi connectivity index (χ0v) is 9.94. The monoisotopic (exact) mass is 228 g/mol. The minimum atomic E-state index is 0.193. The number of hydrogen-bond donors (Lipinski definition) is 1. The van der Waals surface area contributed by atoms with E-state index in [-0.39, 0.29) is 5.78 Å². The Kier molecular flexibility index (Phi) is 3.83. The number of carbonyl (C=O) groups is 1. The number of ketones is 1. The van der Waals surface area contributed by atoms with Crippen molar-refractivity contribution in [3.8, 4) is 0 Å². The lowest BCUT2D eigenvalue weighted by atomic mass is 10.0. The number of nitrogens with zero attached hydrogens (tertiary/aromatic N) is 1. The van der Waals surface area contributed by atoms with Crippen LogP contribution in [0.25, 0.3) is 10.9 Å². The lowest BCUT2D eigenvalue weighted by Gasteiger charge is -2.05. The molecule has 0 fully saturated rings. The third kappa shape index (κ3) is 2.68. The molecule has 3 nitrogen and oxygen atoms in total. The molecule has 0 atom stereocenters. The predicted molar refractivity (Wildman–Crippen MR) is 69.2 cm³/mol. The Hall–Kier alpha value is -1.74. The van der Waals surface area contributed by atoms with Crippen molar-refractivity contribution in [1.82, 2.24) is 10.3 Å². The van der Waals surface area contributed by atoms with Crippen LogP contribution in [0.5, 0.6) is 0 Å². The summed E-state index contributed by atoms with van der Waals surface area (Å²) >= 11 is 0. The van der Waals surface area contributed by atoms with Crippen LogP contribution in [-0.4, -0.2) is 24.4 Å². The lowest BCUT2D eigenvalue weighted by Crippen LogP contribution is -2.10. The summed E-state index contributed by atoms with van der Waals surface area (Å²) in [6, 6.07) is 9.52. The van der Waals surface area contributed by atoms with Gasteiger partial charge in [-0.2, -0.15) is 0 Å². The van der Waals surface area contributed by atoms with E-state index in [0.717, 1.165) is 29.4 Å². The van der Waals surface area contributed by atoms with Crippen LogP contribution in [0.2, 0.25) is 0 Å². The van der Waals surface area contributed by atoms with Gasteiger partial charge in [0.1, 0.15) is 0 Å². The van der Waals surface area contributed by atoms with Gasteiger partial charge in [0.15, 0.2) is 5.78 Å². The van der Waals surface area contributed by atoms with Crippen molar-refractivity contribution in [3.05, 3.63) is 42.1 Å². The molecule has 0 aliphatic rings. The molecule has 1 aromatic heterocycles. The maximum atomic E-state index is 12.1. The van der Waals surface area contributed by atoms with Crippen molar-refractivity contribution in [2.45, 2.75) is 12.8 Å². The first kappa shape index (κ1) is 11.7. The minimum absolute atomic E-state index is 0.193. The van der Waals surface area contributed by atoms with Crippen molar-refractivity contribution in [2.24, 2.45) is 0 Å². The van der Waals surface area contributed by atoms with Crippen LogP contribution >= 0.6 is 0 Å². The molecule has 0 radical (unpaired) electrons. The number of hydrogen-bond acceptors (Lipinski definition) is 3. The van der Waals surface area contributed by atoms with Gasteiger partial charge in [-0.15, -0.1) is 0 Å². The van der Waals surface area contributed by atoms with E-state index in [1.807, 2.05) is 37.4 Å². The van der Waals surface area contributed by atoms with Gasteiger partial charge >= 0.3 is 0 Å². The Bertz CT molecular complexity index is 517. The van der Waals surface area contributed by atoms with Gasteiger partial charge in [-0.3, -0.25) is 9.78 Å². The van der Waals surface area contributed by atoms with Crippen molar-refractivity contribution in [3.63, 3.8) is 0 Å². The molecule has 0 saturated heterocycles. The zero-order valence-electron chi connectivity index (χ0n) is 9.94. The van der Waals surface area contributed by atoms with E-state index in [9.17, 15) is 4.79 Å². The number of carbonyl (C=O) groups excluding carboxylic acids is 1. The van der Waals surface area contributed by atoms with Gasteiger partial charge < -0.3 is 5.32 Å². The third-order valence-electron chi connectivity index (χ3n) is 2.78. The molecule has 0 amide bonds. The summed E-state index contributed by atoms with van der Waals surface area (Å²) in [6.07, 6.45) is 3.19. The van der Waals surface area contributed by atoms with Crippen LogP contribution in [0.3, 0.4) is 0 Å². The fourth-order valence-electron chi connectivity index (χ4n) is 1.91. The summed E-state index contributed by atoms with van der Waals surface area (Å²) in [5.74, 6) is 0.193. The summed E-state index contributed by atoms with van der Waals surface area (Å²) in [5, 5.41) is 4.00. The van der Waals surface area contributed by atoms with E-state index in [1.165, 1.54) is 0 Å². The first-order valence-electron chi connectivity index (χ1n) is 5.84. The maximum absolute atomic E-state index is 12.1. The van der Waals surface area contributed by atoms with Crippen LogP contribution in [0.1, 0.15) is 23.2 Å². The van der Waals surface area contributed by atoms with E-state index in [2.05, 4.69) is 10.3 Å². The molecule has 1 aromatic carbocycles. The van der Waals surface area contributed by atoms with Crippen LogP contribution in [-0.2, 0) is 0 Å². The highest BCUT2D eigenvalue weighted by molar-refractivity contribution is 6.07. The summed E-state index contributed by atoms with van der Waals surface area (Å²) in [7, 11) is 1.90. The number of fused-ring (bicyclic) bond motifs is 1. The fourth-order valence-corrected chi connectivity index (χ4v) is 1.91. The second-order valence-electron chi connectivity index (χ2n) is 4.01. The number of nitrogens with one attached hydrogen (secondary N) is 1. The highest BCUT2D eigenvalue weighted by Gasteiger charge is 2.09. The molecule has 0 unspecified atom stereocenters.